The van der Waals surface area contributed by atoms with E-state index in [2.05, 4.69) is 15.7 Å². The Labute approximate surface area is 193 Å². The summed E-state index contributed by atoms with van der Waals surface area (Å²) >= 11 is 0. The first-order valence-corrected chi connectivity index (χ1v) is 12.1. The molecule has 1 N–H and O–H groups in total. The maximum atomic E-state index is 13.0. The lowest BCUT2D eigenvalue weighted by atomic mass is 10.2. The Morgan fingerprint density at radius 3 is 2.42 bits per heavy atom. The van der Waals surface area contributed by atoms with Crippen molar-refractivity contribution in [3.8, 4) is 6.07 Å². The highest BCUT2D eigenvalue weighted by molar-refractivity contribution is 7.89. The van der Waals surface area contributed by atoms with Gasteiger partial charge in [-0.3, -0.25) is 4.79 Å². The van der Waals surface area contributed by atoms with E-state index in [1.807, 2.05) is 12.1 Å². The molecule has 9 heteroatoms. The van der Waals surface area contributed by atoms with Gasteiger partial charge in [0.05, 0.1) is 29.3 Å². The van der Waals surface area contributed by atoms with Crippen LogP contribution in [-0.4, -0.2) is 45.4 Å². The minimum Gasteiger partial charge on any atom is -0.468 e. The second-order valence-corrected chi connectivity index (χ2v) is 9.49. The summed E-state index contributed by atoms with van der Waals surface area (Å²) in [4.78, 5) is 17.1. The average Bonchev–Trinajstić information content (AvgIpc) is 3.25. The Morgan fingerprint density at radius 2 is 1.76 bits per heavy atom. The van der Waals surface area contributed by atoms with Gasteiger partial charge in [-0.05, 0) is 67.1 Å². The van der Waals surface area contributed by atoms with Crippen LogP contribution in [0.4, 0.5) is 5.69 Å². The van der Waals surface area contributed by atoms with Gasteiger partial charge < -0.3 is 14.2 Å². The van der Waals surface area contributed by atoms with Crippen LogP contribution in [-0.2, 0) is 16.6 Å². The van der Waals surface area contributed by atoms with Crippen LogP contribution < -0.4 is 9.62 Å². The number of nitrogens with one attached hydrogen (secondary N) is 1. The predicted octanol–water partition coefficient (Wildman–Crippen LogP) is 2.98. The Morgan fingerprint density at radius 1 is 1.00 bits per heavy atom. The number of carbonyl (C=O) groups excluding carboxylic acids is 1. The third kappa shape index (κ3) is 5.42. The fraction of sp³-hybridized carbons (Fsp3) is 0.250. The number of carbonyl (C=O) groups is 1. The molecule has 1 aliphatic heterocycles. The number of nitrogens with zero attached hydrogens (tertiary/aromatic N) is 3. The number of hydrogen-bond acceptors (Lipinski definition) is 6. The molecule has 0 atom stereocenters. The minimum atomic E-state index is -3.71. The highest BCUT2D eigenvalue weighted by atomic mass is 32.2. The molecule has 0 saturated carbocycles. The van der Waals surface area contributed by atoms with Gasteiger partial charge in [0.1, 0.15) is 5.76 Å². The van der Waals surface area contributed by atoms with E-state index in [-0.39, 0.29) is 17.3 Å². The molecule has 0 spiro atoms. The molecule has 1 aliphatic rings. The van der Waals surface area contributed by atoms with Crippen LogP contribution in [0, 0.1) is 11.3 Å². The molecule has 33 heavy (non-hydrogen) atoms. The molecule has 170 valence electrons. The second-order valence-electron chi connectivity index (χ2n) is 7.72. The van der Waals surface area contributed by atoms with E-state index in [1.54, 1.807) is 41.3 Å². The first-order valence-electron chi connectivity index (χ1n) is 10.6. The quantitative estimate of drug-likeness (QED) is 0.601. The zero-order valence-corrected chi connectivity index (χ0v) is 18.8. The summed E-state index contributed by atoms with van der Waals surface area (Å²) in [6.45, 7) is 2.73. The fourth-order valence-corrected chi connectivity index (χ4v) is 4.74. The summed E-state index contributed by atoms with van der Waals surface area (Å²) in [7, 11) is -3.71. The van der Waals surface area contributed by atoms with Gasteiger partial charge in [-0.25, -0.2) is 13.1 Å². The van der Waals surface area contributed by atoms with Gasteiger partial charge >= 0.3 is 0 Å². The van der Waals surface area contributed by atoms with E-state index in [0.717, 1.165) is 18.7 Å². The molecule has 8 nitrogen and oxygen atoms in total. The smallest absolute Gasteiger partial charge is 0.253 e. The lowest BCUT2D eigenvalue weighted by Gasteiger charge is -2.24. The average molecular weight is 465 g/mol. The number of benzene rings is 2. The van der Waals surface area contributed by atoms with Crippen LogP contribution in [0.1, 0.15) is 28.1 Å². The van der Waals surface area contributed by atoms with Crippen LogP contribution in [0.25, 0.3) is 0 Å². The van der Waals surface area contributed by atoms with E-state index in [1.165, 1.54) is 18.4 Å². The van der Waals surface area contributed by atoms with Crippen molar-refractivity contribution in [2.75, 3.05) is 31.1 Å². The third-order valence-electron chi connectivity index (χ3n) is 5.57. The summed E-state index contributed by atoms with van der Waals surface area (Å²) in [5.74, 6) is 0.394. The standard InChI is InChI=1S/C24H24N4O4S/c25-17-19-4-8-21(9-5-19)27-12-2-13-28(15-14-27)24(29)20-6-10-23(11-7-20)33(30,31)26-18-22-3-1-16-32-22/h1,3-11,16,26H,2,12-15,18H2. The molecular weight excluding hydrogens is 440 g/mol. The van der Waals surface area contributed by atoms with Crippen molar-refractivity contribution in [3.63, 3.8) is 0 Å². The third-order valence-corrected chi connectivity index (χ3v) is 6.99. The van der Waals surface area contributed by atoms with E-state index in [0.29, 0.717) is 36.5 Å². The van der Waals surface area contributed by atoms with Gasteiger partial charge in [-0.1, -0.05) is 0 Å². The van der Waals surface area contributed by atoms with Gasteiger partial charge in [-0.2, -0.15) is 5.26 Å². The number of amides is 1. The number of anilines is 1. The Kier molecular flexibility index (Phi) is 6.77. The number of rotatable bonds is 6. The monoisotopic (exact) mass is 464 g/mol. The summed E-state index contributed by atoms with van der Waals surface area (Å²) in [5, 5.41) is 8.97. The fourth-order valence-electron chi connectivity index (χ4n) is 3.75. The molecular formula is C24H24N4O4S. The molecule has 2 heterocycles. The van der Waals surface area contributed by atoms with Gasteiger partial charge in [0, 0.05) is 37.4 Å². The molecule has 1 saturated heterocycles. The minimum absolute atomic E-state index is 0.0551. The first kappa shape index (κ1) is 22.6. The van der Waals surface area contributed by atoms with E-state index < -0.39 is 10.0 Å². The zero-order chi connectivity index (χ0) is 23.3. The lowest BCUT2D eigenvalue weighted by Crippen LogP contribution is -2.35. The molecule has 0 unspecified atom stereocenters. The van der Waals surface area contributed by atoms with Gasteiger partial charge in [0.15, 0.2) is 0 Å². The van der Waals surface area contributed by atoms with Crippen molar-refractivity contribution in [2.45, 2.75) is 17.9 Å². The number of hydrogen-bond donors (Lipinski definition) is 1. The Bertz CT molecular complexity index is 1230. The van der Waals surface area contributed by atoms with Crippen LogP contribution >= 0.6 is 0 Å². The molecule has 0 aliphatic carbocycles. The number of sulfonamides is 1. The maximum Gasteiger partial charge on any atom is 0.253 e. The van der Waals surface area contributed by atoms with Crippen LogP contribution in [0.2, 0.25) is 0 Å². The lowest BCUT2D eigenvalue weighted by molar-refractivity contribution is 0.0767. The summed E-state index contributed by atoms with van der Waals surface area (Å²) in [6.07, 6.45) is 2.30. The Hall–Kier alpha value is -3.61. The number of furan rings is 1. The topological polar surface area (TPSA) is 107 Å². The normalized spacial score (nSPS) is 14.5. The second kappa shape index (κ2) is 9.90. The van der Waals surface area contributed by atoms with Crippen LogP contribution in [0.5, 0.6) is 0 Å². The predicted molar refractivity (Wildman–Crippen MR) is 123 cm³/mol. The van der Waals surface area contributed by atoms with Crippen molar-refractivity contribution in [3.05, 3.63) is 83.8 Å². The molecule has 4 rings (SSSR count). The van der Waals surface area contributed by atoms with Crippen LogP contribution in [0.3, 0.4) is 0 Å². The van der Waals surface area contributed by atoms with E-state index in [9.17, 15) is 13.2 Å². The first-order chi connectivity index (χ1) is 16.0. The summed E-state index contributed by atoms with van der Waals surface area (Å²) in [6, 6.07) is 18.9. The summed E-state index contributed by atoms with van der Waals surface area (Å²) < 4.78 is 32.6. The molecule has 2 aromatic carbocycles. The van der Waals surface area contributed by atoms with Crippen molar-refractivity contribution >= 4 is 21.6 Å². The molecule has 1 amide bonds. The maximum absolute atomic E-state index is 13.0. The SMILES string of the molecule is N#Cc1ccc(N2CCCN(C(=O)c3ccc(S(=O)(=O)NCc4ccco4)cc3)CC2)cc1. The largest absolute Gasteiger partial charge is 0.468 e. The highest BCUT2D eigenvalue weighted by Gasteiger charge is 2.22. The Balaban J connectivity index is 1.38. The molecule has 0 radical (unpaired) electrons. The van der Waals surface area contributed by atoms with Crippen molar-refractivity contribution in [2.24, 2.45) is 0 Å². The molecule has 1 aromatic heterocycles. The van der Waals surface area contributed by atoms with Crippen LogP contribution in [0.15, 0.2) is 76.2 Å². The molecule has 0 bridgehead atoms. The summed E-state index contributed by atoms with van der Waals surface area (Å²) in [5.41, 5.74) is 2.10. The van der Waals surface area contributed by atoms with Gasteiger partial charge in [0.25, 0.3) is 5.91 Å². The van der Waals surface area contributed by atoms with Gasteiger partial charge in [-0.15, -0.1) is 0 Å². The van der Waals surface area contributed by atoms with E-state index >= 15 is 0 Å². The highest BCUT2D eigenvalue weighted by Crippen LogP contribution is 2.19. The van der Waals surface area contributed by atoms with Gasteiger partial charge in [0.2, 0.25) is 10.0 Å². The van der Waals surface area contributed by atoms with E-state index in [4.69, 9.17) is 9.68 Å². The van der Waals surface area contributed by atoms with Crippen molar-refractivity contribution in [1.82, 2.24) is 9.62 Å². The zero-order valence-electron chi connectivity index (χ0n) is 18.0. The van der Waals surface area contributed by atoms with Crippen molar-refractivity contribution < 1.29 is 17.6 Å². The molecule has 3 aromatic rings. The number of nitriles is 1. The van der Waals surface area contributed by atoms with Crippen molar-refractivity contribution in [1.29, 1.82) is 5.26 Å². The molecule has 1 fully saturated rings.